The largest absolute Gasteiger partial charge is 0.312 e. The molecule has 118 valence electrons. The predicted octanol–water partition coefficient (Wildman–Crippen LogP) is 4.38. The SMILES string of the molecule is CCC1CCCCCN1C(CC)C(NC)c1ccccc1. The molecule has 2 rings (SSSR count). The van der Waals surface area contributed by atoms with Crippen LogP contribution in [0.1, 0.15) is 64.0 Å². The number of benzene rings is 1. The highest BCUT2D eigenvalue weighted by atomic mass is 15.2. The summed E-state index contributed by atoms with van der Waals surface area (Å²) in [5.74, 6) is 0. The molecule has 0 amide bonds. The highest BCUT2D eigenvalue weighted by Gasteiger charge is 2.31. The molecule has 1 aliphatic rings. The number of likely N-dealkylation sites (tertiary alicyclic amines) is 1. The molecule has 0 radical (unpaired) electrons. The Balaban J connectivity index is 2.22. The molecular weight excluding hydrogens is 256 g/mol. The minimum atomic E-state index is 0.434. The molecule has 21 heavy (non-hydrogen) atoms. The molecule has 2 nitrogen and oxygen atoms in total. The van der Waals surface area contributed by atoms with E-state index in [1.807, 2.05) is 0 Å². The van der Waals surface area contributed by atoms with E-state index in [2.05, 4.69) is 61.4 Å². The minimum absolute atomic E-state index is 0.434. The van der Waals surface area contributed by atoms with E-state index in [4.69, 9.17) is 0 Å². The smallest absolute Gasteiger partial charge is 0.0475 e. The van der Waals surface area contributed by atoms with Crippen molar-refractivity contribution in [3.05, 3.63) is 35.9 Å². The first-order valence-electron chi connectivity index (χ1n) is 8.79. The topological polar surface area (TPSA) is 15.3 Å². The van der Waals surface area contributed by atoms with Crippen molar-refractivity contribution in [1.82, 2.24) is 10.2 Å². The number of nitrogens with one attached hydrogen (secondary N) is 1. The molecule has 1 heterocycles. The molecule has 0 bridgehead atoms. The first-order valence-corrected chi connectivity index (χ1v) is 8.79. The van der Waals surface area contributed by atoms with E-state index in [1.165, 1.54) is 50.6 Å². The Labute approximate surface area is 130 Å². The maximum atomic E-state index is 3.59. The van der Waals surface area contributed by atoms with Crippen LogP contribution in [0.5, 0.6) is 0 Å². The van der Waals surface area contributed by atoms with Gasteiger partial charge < -0.3 is 5.32 Å². The van der Waals surface area contributed by atoms with Crippen molar-refractivity contribution in [2.45, 2.75) is 70.5 Å². The highest BCUT2D eigenvalue weighted by Crippen LogP contribution is 2.29. The molecule has 0 aromatic heterocycles. The molecule has 3 atom stereocenters. The quantitative estimate of drug-likeness (QED) is 0.835. The van der Waals surface area contributed by atoms with Crippen molar-refractivity contribution in [3.63, 3.8) is 0 Å². The van der Waals surface area contributed by atoms with E-state index in [-0.39, 0.29) is 0 Å². The highest BCUT2D eigenvalue weighted by molar-refractivity contribution is 5.20. The van der Waals surface area contributed by atoms with Crippen LogP contribution in [-0.4, -0.2) is 30.6 Å². The van der Waals surface area contributed by atoms with Crippen LogP contribution in [-0.2, 0) is 0 Å². The van der Waals surface area contributed by atoms with Crippen LogP contribution < -0.4 is 5.32 Å². The lowest BCUT2D eigenvalue weighted by molar-refractivity contribution is 0.101. The van der Waals surface area contributed by atoms with Gasteiger partial charge in [0.1, 0.15) is 0 Å². The summed E-state index contributed by atoms with van der Waals surface area (Å²) in [6.45, 7) is 5.96. The molecule has 1 fully saturated rings. The summed E-state index contributed by atoms with van der Waals surface area (Å²) in [5, 5.41) is 3.59. The fourth-order valence-electron chi connectivity index (χ4n) is 3.98. The first-order chi connectivity index (χ1) is 10.3. The van der Waals surface area contributed by atoms with Crippen LogP contribution in [0.3, 0.4) is 0 Å². The zero-order valence-corrected chi connectivity index (χ0v) is 14.0. The van der Waals surface area contributed by atoms with Crippen molar-refractivity contribution in [1.29, 1.82) is 0 Å². The Morgan fingerprint density at radius 1 is 1.14 bits per heavy atom. The summed E-state index contributed by atoms with van der Waals surface area (Å²) in [6, 6.07) is 12.8. The van der Waals surface area contributed by atoms with Crippen LogP contribution in [0.2, 0.25) is 0 Å². The average Bonchev–Trinajstić information content (AvgIpc) is 2.78. The van der Waals surface area contributed by atoms with Crippen LogP contribution >= 0.6 is 0 Å². The standard InChI is InChI=1S/C19H32N2/c1-4-17-14-10-7-11-15-21(17)18(5-2)19(20-3)16-12-8-6-9-13-16/h6,8-9,12-13,17-20H,4-5,7,10-11,14-15H2,1-3H3. The normalized spacial score (nSPS) is 23.5. The van der Waals surface area contributed by atoms with Gasteiger partial charge in [0.05, 0.1) is 0 Å². The Morgan fingerprint density at radius 3 is 2.52 bits per heavy atom. The Hall–Kier alpha value is -0.860. The monoisotopic (exact) mass is 288 g/mol. The predicted molar refractivity (Wildman–Crippen MR) is 91.6 cm³/mol. The number of rotatable bonds is 6. The summed E-state index contributed by atoms with van der Waals surface area (Å²) in [5.41, 5.74) is 1.42. The van der Waals surface area contributed by atoms with Crippen molar-refractivity contribution in [2.24, 2.45) is 0 Å². The fourth-order valence-corrected chi connectivity index (χ4v) is 3.98. The molecule has 0 spiro atoms. The minimum Gasteiger partial charge on any atom is -0.312 e. The zero-order chi connectivity index (χ0) is 15.1. The molecule has 1 saturated heterocycles. The number of hydrogen-bond acceptors (Lipinski definition) is 2. The maximum Gasteiger partial charge on any atom is 0.0475 e. The number of likely N-dealkylation sites (N-methyl/N-ethyl adjacent to an activating group) is 1. The summed E-state index contributed by atoms with van der Waals surface area (Å²) >= 11 is 0. The summed E-state index contributed by atoms with van der Waals surface area (Å²) in [4.78, 5) is 2.81. The van der Waals surface area contributed by atoms with Gasteiger partial charge in [-0.3, -0.25) is 4.90 Å². The molecule has 0 aliphatic carbocycles. The second kappa shape index (κ2) is 8.55. The third-order valence-corrected chi connectivity index (χ3v) is 5.09. The van der Waals surface area contributed by atoms with Crippen molar-refractivity contribution < 1.29 is 0 Å². The fraction of sp³-hybridized carbons (Fsp3) is 0.684. The van der Waals surface area contributed by atoms with Gasteiger partial charge in [-0.1, -0.05) is 57.0 Å². The van der Waals surface area contributed by atoms with Gasteiger partial charge in [-0.05, 0) is 44.8 Å². The second-order valence-electron chi connectivity index (χ2n) is 6.30. The van der Waals surface area contributed by atoms with E-state index < -0.39 is 0 Å². The van der Waals surface area contributed by atoms with E-state index >= 15 is 0 Å². The molecule has 0 saturated carbocycles. The van der Waals surface area contributed by atoms with Gasteiger partial charge in [-0.25, -0.2) is 0 Å². The van der Waals surface area contributed by atoms with Crippen molar-refractivity contribution in [3.8, 4) is 0 Å². The maximum absolute atomic E-state index is 3.59. The Morgan fingerprint density at radius 2 is 1.90 bits per heavy atom. The van der Waals surface area contributed by atoms with E-state index in [1.54, 1.807) is 0 Å². The summed E-state index contributed by atoms with van der Waals surface area (Å²) < 4.78 is 0. The molecule has 3 unspecified atom stereocenters. The third kappa shape index (κ3) is 4.08. The van der Waals surface area contributed by atoms with Crippen molar-refractivity contribution >= 4 is 0 Å². The lowest BCUT2D eigenvalue weighted by Gasteiger charge is -2.41. The van der Waals surface area contributed by atoms with Crippen molar-refractivity contribution in [2.75, 3.05) is 13.6 Å². The Kier molecular flexibility index (Phi) is 6.72. The molecule has 1 aromatic rings. The lowest BCUT2D eigenvalue weighted by atomic mass is 9.94. The van der Waals surface area contributed by atoms with Gasteiger partial charge in [0.15, 0.2) is 0 Å². The second-order valence-corrected chi connectivity index (χ2v) is 6.30. The van der Waals surface area contributed by atoms with E-state index in [9.17, 15) is 0 Å². The van der Waals surface area contributed by atoms with Gasteiger partial charge >= 0.3 is 0 Å². The number of nitrogens with zero attached hydrogens (tertiary/aromatic N) is 1. The lowest BCUT2D eigenvalue weighted by Crippen LogP contribution is -2.48. The molecule has 1 aliphatic heterocycles. The van der Waals surface area contributed by atoms with Crippen LogP contribution in [0.4, 0.5) is 0 Å². The van der Waals surface area contributed by atoms with Gasteiger partial charge in [0.2, 0.25) is 0 Å². The first kappa shape index (κ1) is 16.5. The average molecular weight is 288 g/mol. The molecule has 1 aromatic carbocycles. The van der Waals surface area contributed by atoms with Gasteiger partial charge in [-0.15, -0.1) is 0 Å². The molecule has 2 heteroatoms. The third-order valence-electron chi connectivity index (χ3n) is 5.09. The summed E-state index contributed by atoms with van der Waals surface area (Å²) in [6.07, 6.45) is 8.02. The zero-order valence-electron chi connectivity index (χ0n) is 14.0. The van der Waals surface area contributed by atoms with Crippen LogP contribution in [0, 0.1) is 0 Å². The van der Waals surface area contributed by atoms with E-state index in [0.29, 0.717) is 12.1 Å². The van der Waals surface area contributed by atoms with Crippen LogP contribution in [0.25, 0.3) is 0 Å². The molecular formula is C19H32N2. The van der Waals surface area contributed by atoms with Crippen LogP contribution in [0.15, 0.2) is 30.3 Å². The number of hydrogen-bond donors (Lipinski definition) is 1. The van der Waals surface area contributed by atoms with Gasteiger partial charge in [0.25, 0.3) is 0 Å². The van der Waals surface area contributed by atoms with Gasteiger partial charge in [0, 0.05) is 18.1 Å². The summed E-state index contributed by atoms with van der Waals surface area (Å²) in [7, 11) is 2.11. The molecule has 1 N–H and O–H groups in total. The van der Waals surface area contributed by atoms with E-state index in [0.717, 1.165) is 6.04 Å². The van der Waals surface area contributed by atoms with Gasteiger partial charge in [-0.2, -0.15) is 0 Å². The Bertz CT molecular complexity index is 390.